The zero-order chi connectivity index (χ0) is 17.6. The van der Waals surface area contributed by atoms with Gasteiger partial charge < -0.3 is 15.4 Å². The average Bonchev–Trinajstić information content (AvgIpc) is 3.33. The second-order valence-electron chi connectivity index (χ2n) is 6.10. The molecule has 1 saturated carbocycles. The van der Waals surface area contributed by atoms with Crippen molar-refractivity contribution in [3.05, 3.63) is 29.3 Å². The predicted octanol–water partition coefficient (Wildman–Crippen LogP) is 4.02. The Morgan fingerprint density at radius 2 is 2.00 bits per heavy atom. The molecule has 0 aromatic heterocycles. The van der Waals surface area contributed by atoms with E-state index in [1.807, 2.05) is 13.0 Å². The van der Waals surface area contributed by atoms with Crippen molar-refractivity contribution in [3.8, 4) is 5.75 Å². The fourth-order valence-electron chi connectivity index (χ4n) is 2.30. The van der Waals surface area contributed by atoms with Crippen LogP contribution in [-0.2, 0) is 6.54 Å². The van der Waals surface area contributed by atoms with Gasteiger partial charge in [0.25, 0.3) is 0 Å². The first-order valence-corrected chi connectivity index (χ1v) is 8.11. The second-order valence-corrected chi connectivity index (χ2v) is 6.10. The van der Waals surface area contributed by atoms with Gasteiger partial charge in [0.15, 0.2) is 12.6 Å². The lowest BCUT2D eigenvalue weighted by atomic mass is 10.1. The van der Waals surface area contributed by atoms with Gasteiger partial charge in [0.2, 0.25) is 0 Å². The SMILES string of the molecule is CN=C(NCCC1CC1)NCc1ccc(C)cc1OCC(F)(F)F.I. The van der Waals surface area contributed by atoms with E-state index in [0.717, 1.165) is 24.4 Å². The highest BCUT2D eigenvalue weighted by Crippen LogP contribution is 2.31. The first kappa shape index (κ1) is 21.9. The molecule has 0 aliphatic heterocycles. The van der Waals surface area contributed by atoms with Gasteiger partial charge >= 0.3 is 6.18 Å². The van der Waals surface area contributed by atoms with Gasteiger partial charge in [0.1, 0.15) is 5.75 Å². The molecule has 0 radical (unpaired) electrons. The van der Waals surface area contributed by atoms with Gasteiger partial charge in [0, 0.05) is 25.7 Å². The minimum absolute atomic E-state index is 0. The zero-order valence-electron chi connectivity index (χ0n) is 14.4. The molecule has 0 heterocycles. The molecular formula is C17H25F3IN3O. The molecule has 0 amide bonds. The summed E-state index contributed by atoms with van der Waals surface area (Å²) >= 11 is 0. The number of rotatable bonds is 7. The van der Waals surface area contributed by atoms with Crippen molar-refractivity contribution in [1.29, 1.82) is 0 Å². The van der Waals surface area contributed by atoms with E-state index in [0.29, 0.717) is 18.1 Å². The number of alkyl halides is 3. The van der Waals surface area contributed by atoms with Crippen LogP contribution in [0.2, 0.25) is 0 Å². The summed E-state index contributed by atoms with van der Waals surface area (Å²) in [6, 6.07) is 5.23. The normalized spacial score (nSPS) is 14.7. The standard InChI is InChI=1S/C17H24F3N3O.HI/c1-12-3-6-14(15(9-12)24-11-17(18,19)20)10-23-16(21-2)22-8-7-13-4-5-13;/h3,6,9,13H,4-5,7-8,10-11H2,1-2H3,(H2,21,22,23);1H. The predicted molar refractivity (Wildman–Crippen MR) is 104 cm³/mol. The Kier molecular flexibility index (Phi) is 8.81. The molecule has 0 spiro atoms. The number of aryl methyl sites for hydroxylation is 1. The number of nitrogens with one attached hydrogen (secondary N) is 2. The first-order chi connectivity index (χ1) is 11.4. The summed E-state index contributed by atoms with van der Waals surface area (Å²) in [7, 11) is 1.67. The maximum Gasteiger partial charge on any atom is 0.422 e. The number of nitrogens with zero attached hydrogens (tertiary/aromatic N) is 1. The molecule has 2 N–H and O–H groups in total. The summed E-state index contributed by atoms with van der Waals surface area (Å²) in [5, 5.41) is 6.33. The minimum atomic E-state index is -4.35. The van der Waals surface area contributed by atoms with Crippen molar-refractivity contribution in [2.75, 3.05) is 20.2 Å². The lowest BCUT2D eigenvalue weighted by molar-refractivity contribution is -0.153. The molecule has 4 nitrogen and oxygen atoms in total. The molecule has 0 atom stereocenters. The minimum Gasteiger partial charge on any atom is -0.484 e. The Morgan fingerprint density at radius 3 is 2.60 bits per heavy atom. The number of benzene rings is 1. The third-order valence-electron chi connectivity index (χ3n) is 3.83. The van der Waals surface area contributed by atoms with Crippen molar-refractivity contribution < 1.29 is 17.9 Å². The maximum atomic E-state index is 12.4. The van der Waals surface area contributed by atoms with Crippen LogP contribution in [0.4, 0.5) is 13.2 Å². The molecule has 25 heavy (non-hydrogen) atoms. The quantitative estimate of drug-likeness (QED) is 0.359. The Morgan fingerprint density at radius 1 is 1.28 bits per heavy atom. The van der Waals surface area contributed by atoms with Crippen molar-refractivity contribution in [1.82, 2.24) is 10.6 Å². The topological polar surface area (TPSA) is 45.7 Å². The van der Waals surface area contributed by atoms with Gasteiger partial charge in [0.05, 0.1) is 0 Å². The molecule has 142 valence electrons. The van der Waals surface area contributed by atoms with E-state index in [-0.39, 0.29) is 29.7 Å². The lowest BCUT2D eigenvalue weighted by Crippen LogP contribution is -2.37. The number of aliphatic imine (C=N–C) groups is 1. The van der Waals surface area contributed by atoms with Crippen LogP contribution < -0.4 is 15.4 Å². The monoisotopic (exact) mass is 471 g/mol. The molecule has 1 aromatic rings. The third kappa shape index (κ3) is 8.64. The molecule has 2 rings (SSSR count). The van der Waals surface area contributed by atoms with E-state index in [1.165, 1.54) is 12.8 Å². The average molecular weight is 471 g/mol. The molecule has 8 heteroatoms. The van der Waals surface area contributed by atoms with Gasteiger partial charge in [-0.2, -0.15) is 13.2 Å². The summed E-state index contributed by atoms with van der Waals surface area (Å²) in [6.45, 7) is 1.71. The van der Waals surface area contributed by atoms with Gasteiger partial charge in [-0.25, -0.2) is 0 Å². The van der Waals surface area contributed by atoms with Crippen LogP contribution in [0.1, 0.15) is 30.4 Å². The molecule has 0 saturated heterocycles. The molecular weight excluding hydrogens is 446 g/mol. The fraction of sp³-hybridized carbons (Fsp3) is 0.588. The number of guanidine groups is 1. The first-order valence-electron chi connectivity index (χ1n) is 8.11. The van der Waals surface area contributed by atoms with Gasteiger partial charge in [-0.15, -0.1) is 24.0 Å². The summed E-state index contributed by atoms with van der Waals surface area (Å²) in [5.74, 6) is 1.71. The highest BCUT2D eigenvalue weighted by atomic mass is 127. The smallest absolute Gasteiger partial charge is 0.422 e. The summed E-state index contributed by atoms with van der Waals surface area (Å²) in [5.41, 5.74) is 1.51. The van der Waals surface area contributed by atoms with Crippen LogP contribution in [0.3, 0.4) is 0 Å². The Hall–Kier alpha value is -1.19. The molecule has 0 unspecified atom stereocenters. The Labute approximate surface area is 163 Å². The Balaban J connectivity index is 0.00000312. The maximum absolute atomic E-state index is 12.4. The fourth-order valence-corrected chi connectivity index (χ4v) is 2.30. The number of hydrogen-bond donors (Lipinski definition) is 2. The van der Waals surface area contributed by atoms with E-state index in [1.54, 1.807) is 19.2 Å². The Bertz CT molecular complexity index is 575. The summed E-state index contributed by atoms with van der Waals surface area (Å²) in [6.07, 6.45) is -0.631. The van der Waals surface area contributed by atoms with Crippen LogP contribution in [0.5, 0.6) is 5.75 Å². The second kappa shape index (κ2) is 10.1. The molecule has 1 aliphatic rings. The highest BCUT2D eigenvalue weighted by Gasteiger charge is 2.28. The van der Waals surface area contributed by atoms with Crippen molar-refractivity contribution in [3.63, 3.8) is 0 Å². The van der Waals surface area contributed by atoms with Crippen molar-refractivity contribution >= 4 is 29.9 Å². The van der Waals surface area contributed by atoms with Crippen LogP contribution in [0, 0.1) is 12.8 Å². The van der Waals surface area contributed by atoms with Crippen molar-refractivity contribution in [2.24, 2.45) is 10.9 Å². The molecule has 0 bridgehead atoms. The van der Waals surface area contributed by atoms with Crippen LogP contribution >= 0.6 is 24.0 Å². The molecule has 1 aliphatic carbocycles. The summed E-state index contributed by atoms with van der Waals surface area (Å²) < 4.78 is 42.1. The highest BCUT2D eigenvalue weighted by molar-refractivity contribution is 14.0. The largest absolute Gasteiger partial charge is 0.484 e. The zero-order valence-corrected chi connectivity index (χ0v) is 16.8. The summed E-state index contributed by atoms with van der Waals surface area (Å²) in [4.78, 5) is 4.13. The van der Waals surface area contributed by atoms with E-state index >= 15 is 0 Å². The van der Waals surface area contributed by atoms with Gasteiger partial charge in [-0.3, -0.25) is 4.99 Å². The van der Waals surface area contributed by atoms with E-state index < -0.39 is 12.8 Å². The van der Waals surface area contributed by atoms with Crippen LogP contribution in [0.25, 0.3) is 0 Å². The van der Waals surface area contributed by atoms with E-state index in [2.05, 4.69) is 15.6 Å². The van der Waals surface area contributed by atoms with Crippen LogP contribution in [0.15, 0.2) is 23.2 Å². The lowest BCUT2D eigenvalue weighted by Gasteiger charge is -2.16. The van der Waals surface area contributed by atoms with Crippen LogP contribution in [-0.4, -0.2) is 32.3 Å². The van der Waals surface area contributed by atoms with E-state index in [9.17, 15) is 13.2 Å². The number of ether oxygens (including phenoxy) is 1. The molecule has 1 aromatic carbocycles. The number of hydrogen-bond acceptors (Lipinski definition) is 2. The third-order valence-corrected chi connectivity index (χ3v) is 3.83. The van der Waals surface area contributed by atoms with Crippen molar-refractivity contribution in [2.45, 2.75) is 38.9 Å². The van der Waals surface area contributed by atoms with Gasteiger partial charge in [-0.1, -0.05) is 25.0 Å². The molecule has 1 fully saturated rings. The van der Waals surface area contributed by atoms with Gasteiger partial charge in [-0.05, 0) is 30.9 Å². The number of halogens is 4. The van der Waals surface area contributed by atoms with E-state index in [4.69, 9.17) is 4.74 Å².